The summed E-state index contributed by atoms with van der Waals surface area (Å²) in [5, 5.41) is 18.8. The summed E-state index contributed by atoms with van der Waals surface area (Å²) in [6, 6.07) is 5.59. The van der Waals surface area contributed by atoms with Crippen molar-refractivity contribution in [1.29, 1.82) is 0 Å². The van der Waals surface area contributed by atoms with Crippen molar-refractivity contribution >= 4 is 21.8 Å². The number of rotatable bonds is 5. The molecule has 22 heavy (non-hydrogen) atoms. The van der Waals surface area contributed by atoms with Crippen LogP contribution in [0.15, 0.2) is 29.2 Å². The predicted molar refractivity (Wildman–Crippen MR) is 79.0 cm³/mol. The van der Waals surface area contributed by atoms with Crippen molar-refractivity contribution in [2.45, 2.75) is 30.8 Å². The van der Waals surface area contributed by atoms with Crippen LogP contribution in [0, 0.1) is 0 Å². The van der Waals surface area contributed by atoms with E-state index in [1.165, 1.54) is 24.3 Å². The van der Waals surface area contributed by atoms with Crippen LogP contribution in [0.4, 0.5) is 0 Å². The first-order valence-corrected chi connectivity index (χ1v) is 7.93. The van der Waals surface area contributed by atoms with Crippen LogP contribution in [-0.4, -0.2) is 37.5 Å². The van der Waals surface area contributed by atoms with Crippen molar-refractivity contribution in [1.82, 2.24) is 10.6 Å². The van der Waals surface area contributed by atoms with Crippen LogP contribution in [0.2, 0.25) is 0 Å². The number of hydrogen-bond donors (Lipinski definition) is 4. The maximum absolute atomic E-state index is 11.6. The van der Waals surface area contributed by atoms with Gasteiger partial charge in [0.15, 0.2) is 0 Å². The van der Waals surface area contributed by atoms with E-state index in [1.807, 2.05) is 0 Å². The topological polar surface area (TPSA) is 139 Å². The number of sulfonamides is 1. The monoisotopic (exact) mass is 329 g/mol. The smallest absolute Gasteiger partial charge is 0.309 e. The second-order valence-electron chi connectivity index (χ2n) is 5.37. The molecular formula is C13H19N3O5S. The molecule has 1 aromatic carbocycles. The van der Waals surface area contributed by atoms with Crippen LogP contribution in [0.1, 0.15) is 19.4 Å². The highest BCUT2D eigenvalue weighted by Gasteiger charge is 2.23. The Bertz CT molecular complexity index is 653. The molecule has 0 saturated heterocycles. The molecule has 0 unspecified atom stereocenters. The van der Waals surface area contributed by atoms with Gasteiger partial charge in [0, 0.05) is 6.54 Å². The third-order valence-electron chi connectivity index (χ3n) is 2.76. The first-order chi connectivity index (χ1) is 10.0. The quantitative estimate of drug-likeness (QED) is 0.505. The van der Waals surface area contributed by atoms with E-state index in [0.29, 0.717) is 5.56 Å². The fraction of sp³-hybridized carbons (Fsp3) is 0.385. The highest BCUT2D eigenvalue weighted by molar-refractivity contribution is 7.89. The molecule has 0 bridgehead atoms. The molecule has 0 aliphatic heterocycles. The van der Waals surface area contributed by atoms with Crippen molar-refractivity contribution in [3.05, 3.63) is 29.8 Å². The molecule has 0 aliphatic rings. The van der Waals surface area contributed by atoms with Crippen molar-refractivity contribution in [2.24, 2.45) is 5.14 Å². The molecule has 9 heteroatoms. The summed E-state index contributed by atoms with van der Waals surface area (Å²) < 4.78 is 22.2. The van der Waals surface area contributed by atoms with Crippen molar-refractivity contribution < 1.29 is 23.1 Å². The standard InChI is InChI=1S/C13H19N3O5S/c1-13(2,8-17)16-12(19)11(18)15-7-9-3-5-10(6-4-9)22(14,20)21/h3-6,17H,7-8H2,1-2H3,(H,15,18)(H,16,19)(H2,14,20,21). The summed E-state index contributed by atoms with van der Waals surface area (Å²) in [6.07, 6.45) is 0. The Morgan fingerprint density at radius 2 is 1.73 bits per heavy atom. The molecule has 1 rings (SSSR count). The molecule has 122 valence electrons. The molecule has 0 atom stereocenters. The summed E-state index contributed by atoms with van der Waals surface area (Å²) in [4.78, 5) is 23.2. The van der Waals surface area contributed by atoms with Crippen LogP contribution < -0.4 is 15.8 Å². The van der Waals surface area contributed by atoms with E-state index in [-0.39, 0.29) is 18.0 Å². The Balaban J connectivity index is 2.59. The highest BCUT2D eigenvalue weighted by Crippen LogP contribution is 2.08. The number of aliphatic hydroxyl groups excluding tert-OH is 1. The molecule has 2 amide bonds. The lowest BCUT2D eigenvalue weighted by molar-refractivity contribution is -0.140. The molecule has 0 saturated carbocycles. The normalized spacial score (nSPS) is 11.8. The van der Waals surface area contributed by atoms with Gasteiger partial charge in [-0.15, -0.1) is 0 Å². The average molecular weight is 329 g/mol. The number of primary sulfonamides is 1. The molecule has 0 radical (unpaired) electrons. The number of carbonyl (C=O) groups excluding carboxylic acids is 2. The lowest BCUT2D eigenvalue weighted by Gasteiger charge is -2.22. The first kappa shape index (κ1) is 18.1. The van der Waals surface area contributed by atoms with Crippen LogP contribution in [0.25, 0.3) is 0 Å². The zero-order chi connectivity index (χ0) is 17.0. The van der Waals surface area contributed by atoms with Crippen molar-refractivity contribution in [2.75, 3.05) is 6.61 Å². The third-order valence-corrected chi connectivity index (χ3v) is 3.69. The van der Waals surface area contributed by atoms with Crippen LogP contribution in [0.5, 0.6) is 0 Å². The summed E-state index contributed by atoms with van der Waals surface area (Å²) >= 11 is 0. The Labute approximate surface area is 128 Å². The maximum Gasteiger partial charge on any atom is 0.309 e. The van der Waals surface area contributed by atoms with E-state index in [2.05, 4.69) is 10.6 Å². The van der Waals surface area contributed by atoms with E-state index >= 15 is 0 Å². The van der Waals surface area contributed by atoms with E-state index in [4.69, 9.17) is 10.2 Å². The Morgan fingerprint density at radius 3 is 2.18 bits per heavy atom. The molecule has 8 nitrogen and oxygen atoms in total. The van der Waals surface area contributed by atoms with E-state index in [0.717, 1.165) is 0 Å². The predicted octanol–water partition coefficient (Wildman–Crippen LogP) is -1.16. The Morgan fingerprint density at radius 1 is 1.18 bits per heavy atom. The van der Waals surface area contributed by atoms with Crippen LogP contribution in [-0.2, 0) is 26.2 Å². The van der Waals surface area contributed by atoms with Gasteiger partial charge in [-0.2, -0.15) is 0 Å². The largest absolute Gasteiger partial charge is 0.394 e. The van der Waals surface area contributed by atoms with E-state index < -0.39 is 27.4 Å². The van der Waals surface area contributed by atoms with Crippen LogP contribution >= 0.6 is 0 Å². The summed E-state index contributed by atoms with van der Waals surface area (Å²) in [7, 11) is -3.76. The molecule has 0 aromatic heterocycles. The number of carbonyl (C=O) groups is 2. The fourth-order valence-corrected chi connectivity index (χ4v) is 1.98. The van der Waals surface area contributed by atoms with Gasteiger partial charge >= 0.3 is 11.8 Å². The molecule has 0 fully saturated rings. The Kier molecular flexibility index (Phi) is 5.64. The zero-order valence-corrected chi connectivity index (χ0v) is 13.1. The minimum atomic E-state index is -3.76. The summed E-state index contributed by atoms with van der Waals surface area (Å²) in [5.41, 5.74) is -0.291. The number of hydrogen-bond acceptors (Lipinski definition) is 5. The number of nitrogens with one attached hydrogen (secondary N) is 2. The molecule has 0 spiro atoms. The van der Waals surface area contributed by atoms with Gasteiger partial charge in [-0.1, -0.05) is 12.1 Å². The zero-order valence-electron chi connectivity index (χ0n) is 12.3. The minimum absolute atomic E-state index is 0.0370. The lowest BCUT2D eigenvalue weighted by atomic mass is 10.1. The average Bonchev–Trinajstić information content (AvgIpc) is 2.43. The van der Waals surface area contributed by atoms with Gasteiger partial charge in [-0.25, -0.2) is 13.6 Å². The van der Waals surface area contributed by atoms with Crippen molar-refractivity contribution in [3.8, 4) is 0 Å². The van der Waals surface area contributed by atoms with E-state index in [1.54, 1.807) is 13.8 Å². The minimum Gasteiger partial charge on any atom is -0.394 e. The van der Waals surface area contributed by atoms with Gasteiger partial charge in [-0.3, -0.25) is 9.59 Å². The molecule has 5 N–H and O–H groups in total. The van der Waals surface area contributed by atoms with Crippen molar-refractivity contribution in [3.63, 3.8) is 0 Å². The second kappa shape index (κ2) is 6.86. The molecule has 0 heterocycles. The van der Waals surface area contributed by atoms with Gasteiger partial charge in [0.1, 0.15) is 0 Å². The van der Waals surface area contributed by atoms with Crippen LogP contribution in [0.3, 0.4) is 0 Å². The lowest BCUT2D eigenvalue weighted by Crippen LogP contribution is -2.51. The number of amides is 2. The van der Waals surface area contributed by atoms with Gasteiger partial charge in [0.25, 0.3) is 0 Å². The summed E-state index contributed by atoms with van der Waals surface area (Å²) in [6.45, 7) is 2.89. The number of benzene rings is 1. The van der Waals surface area contributed by atoms with Gasteiger partial charge in [0.05, 0.1) is 17.0 Å². The number of aliphatic hydroxyl groups is 1. The highest BCUT2D eigenvalue weighted by atomic mass is 32.2. The number of nitrogens with two attached hydrogens (primary N) is 1. The first-order valence-electron chi connectivity index (χ1n) is 6.38. The SMILES string of the molecule is CC(C)(CO)NC(=O)C(=O)NCc1ccc(S(N)(=O)=O)cc1. The third kappa shape index (κ3) is 5.43. The Hall–Kier alpha value is -1.97. The van der Waals surface area contributed by atoms with E-state index in [9.17, 15) is 18.0 Å². The fourth-order valence-electron chi connectivity index (χ4n) is 1.46. The summed E-state index contributed by atoms with van der Waals surface area (Å²) in [5.74, 6) is -1.71. The molecular weight excluding hydrogens is 310 g/mol. The van der Waals surface area contributed by atoms with Gasteiger partial charge < -0.3 is 15.7 Å². The second-order valence-corrected chi connectivity index (χ2v) is 6.93. The van der Waals surface area contributed by atoms with Gasteiger partial charge in [-0.05, 0) is 31.5 Å². The molecule has 1 aromatic rings. The maximum atomic E-state index is 11.6. The molecule has 0 aliphatic carbocycles. The van der Waals surface area contributed by atoms with Gasteiger partial charge in [0.2, 0.25) is 10.0 Å².